The number of hydrogen-bond acceptors (Lipinski definition) is 6. The fourth-order valence-electron chi connectivity index (χ4n) is 3.88. The number of aromatic nitrogens is 1. The molecule has 3 aromatic rings. The van der Waals surface area contributed by atoms with E-state index in [0.717, 1.165) is 31.0 Å². The number of aryl methyl sites for hydroxylation is 1. The Morgan fingerprint density at radius 3 is 2.37 bits per heavy atom. The van der Waals surface area contributed by atoms with Crippen molar-refractivity contribution in [1.29, 1.82) is 0 Å². The zero-order valence-electron chi connectivity index (χ0n) is 21.1. The highest BCUT2D eigenvalue weighted by molar-refractivity contribution is 7.90. The number of nitrogens with one attached hydrogen (secondary N) is 2. The Balaban J connectivity index is 1.64. The van der Waals surface area contributed by atoms with E-state index in [0.29, 0.717) is 30.5 Å². The van der Waals surface area contributed by atoms with E-state index in [1.165, 1.54) is 18.2 Å². The summed E-state index contributed by atoms with van der Waals surface area (Å²) in [7, 11) is -4.20. The number of pyridine rings is 1. The molecule has 0 radical (unpaired) electrons. The first-order valence-corrected chi connectivity index (χ1v) is 13.9. The normalized spacial score (nSPS) is 11.1. The average Bonchev–Trinajstić information content (AvgIpc) is 2.89. The molecule has 0 fully saturated rings. The molecule has 0 aliphatic rings. The number of benzene rings is 2. The van der Waals surface area contributed by atoms with Crippen molar-refractivity contribution in [3.63, 3.8) is 0 Å². The third-order valence-electron chi connectivity index (χ3n) is 5.86. The van der Waals surface area contributed by atoms with Gasteiger partial charge in [0.05, 0.1) is 16.9 Å². The second-order valence-corrected chi connectivity index (χ2v) is 10.5. The molecule has 3 rings (SSSR count). The maximum absolute atomic E-state index is 12.9. The molecule has 200 valence electrons. The van der Waals surface area contributed by atoms with Gasteiger partial charge in [0, 0.05) is 12.7 Å². The zero-order chi connectivity index (χ0) is 27.5. The number of carboxylic acid groups (broad SMARTS) is 1. The van der Waals surface area contributed by atoms with Gasteiger partial charge in [0.15, 0.2) is 5.69 Å². The molecular weight excluding hydrogens is 506 g/mol. The molecule has 38 heavy (non-hydrogen) atoms. The molecule has 10 heteroatoms. The van der Waals surface area contributed by atoms with Crippen molar-refractivity contribution in [1.82, 2.24) is 15.0 Å². The summed E-state index contributed by atoms with van der Waals surface area (Å²) in [6, 6.07) is 16.8. The highest BCUT2D eigenvalue weighted by Gasteiger charge is 2.21. The Hall–Kier alpha value is -4.05. The second kappa shape index (κ2) is 13.5. The van der Waals surface area contributed by atoms with E-state index in [2.05, 4.69) is 10.3 Å². The molecule has 2 amide bonds. The van der Waals surface area contributed by atoms with Gasteiger partial charge >= 0.3 is 5.97 Å². The van der Waals surface area contributed by atoms with Gasteiger partial charge in [-0.3, -0.25) is 9.59 Å². The minimum Gasteiger partial charge on any atom is -0.477 e. The second-order valence-electron chi connectivity index (χ2n) is 8.84. The summed E-state index contributed by atoms with van der Waals surface area (Å²) in [5.74, 6) is -2.24. The number of amides is 2. The summed E-state index contributed by atoms with van der Waals surface area (Å²) < 4.78 is 27.9. The van der Waals surface area contributed by atoms with Crippen molar-refractivity contribution in [2.45, 2.75) is 50.3 Å². The van der Waals surface area contributed by atoms with E-state index in [9.17, 15) is 27.9 Å². The van der Waals surface area contributed by atoms with E-state index in [4.69, 9.17) is 0 Å². The summed E-state index contributed by atoms with van der Waals surface area (Å²) in [4.78, 5) is 40.2. The number of rotatable bonds is 13. The lowest BCUT2D eigenvalue weighted by Gasteiger charge is -2.11. The molecule has 1 heterocycles. The first kappa shape index (κ1) is 28.5. The quantitative estimate of drug-likeness (QED) is 0.283. The van der Waals surface area contributed by atoms with E-state index in [1.54, 1.807) is 12.1 Å². The smallest absolute Gasteiger partial charge is 0.354 e. The monoisotopic (exact) mass is 537 g/mol. The lowest BCUT2D eigenvalue weighted by atomic mass is 10.0. The van der Waals surface area contributed by atoms with Gasteiger partial charge in [-0.25, -0.2) is 22.9 Å². The first-order chi connectivity index (χ1) is 18.2. The van der Waals surface area contributed by atoms with Crippen LogP contribution in [0.25, 0.3) is 0 Å². The number of carboxylic acids is 1. The Kier molecular flexibility index (Phi) is 10.1. The van der Waals surface area contributed by atoms with Crippen molar-refractivity contribution >= 4 is 27.8 Å². The van der Waals surface area contributed by atoms with Crippen LogP contribution in [-0.4, -0.2) is 42.8 Å². The van der Waals surface area contributed by atoms with Crippen molar-refractivity contribution in [3.05, 3.63) is 94.8 Å². The molecule has 0 bridgehead atoms. The molecule has 0 saturated carbocycles. The van der Waals surface area contributed by atoms with Crippen LogP contribution >= 0.6 is 0 Å². The molecule has 9 nitrogen and oxygen atoms in total. The number of carbonyl (C=O) groups excluding carboxylic acids is 2. The average molecular weight is 538 g/mol. The molecule has 0 unspecified atom stereocenters. The number of carbonyl (C=O) groups is 3. The van der Waals surface area contributed by atoms with Gasteiger partial charge in [0.25, 0.3) is 15.9 Å². The van der Waals surface area contributed by atoms with Crippen molar-refractivity contribution in [2.24, 2.45) is 0 Å². The topological polar surface area (TPSA) is 143 Å². The number of unbranched alkanes of at least 4 members (excludes halogenated alkanes) is 2. The predicted molar refractivity (Wildman–Crippen MR) is 142 cm³/mol. The molecule has 0 aliphatic heterocycles. The van der Waals surface area contributed by atoms with Crippen LogP contribution in [-0.2, 0) is 34.1 Å². The fourth-order valence-corrected chi connectivity index (χ4v) is 4.93. The summed E-state index contributed by atoms with van der Waals surface area (Å²) in [5.41, 5.74) is 1.76. The van der Waals surface area contributed by atoms with E-state index < -0.39 is 21.9 Å². The van der Waals surface area contributed by atoms with E-state index in [1.807, 2.05) is 42.0 Å². The highest BCUT2D eigenvalue weighted by atomic mass is 32.2. The van der Waals surface area contributed by atoms with Crippen LogP contribution in [0.15, 0.2) is 71.8 Å². The molecule has 0 aliphatic carbocycles. The summed E-state index contributed by atoms with van der Waals surface area (Å²) in [6.45, 7) is 2.34. The predicted octanol–water partition coefficient (Wildman–Crippen LogP) is 3.53. The van der Waals surface area contributed by atoms with Gasteiger partial charge in [-0.15, -0.1) is 0 Å². The third-order valence-corrected chi connectivity index (χ3v) is 7.19. The number of nitrogens with zero attached hydrogens (tertiary/aromatic N) is 1. The van der Waals surface area contributed by atoms with Gasteiger partial charge in [-0.1, -0.05) is 62.2 Å². The fraction of sp³-hybridized carbons (Fsp3) is 0.286. The minimum atomic E-state index is -4.20. The molecular formula is C28H31N3O6S. The van der Waals surface area contributed by atoms with Crippen molar-refractivity contribution in [2.75, 3.05) is 6.54 Å². The summed E-state index contributed by atoms with van der Waals surface area (Å²) in [5, 5.41) is 12.2. The van der Waals surface area contributed by atoms with Gasteiger partial charge in [0.1, 0.15) is 0 Å². The van der Waals surface area contributed by atoms with Crippen LogP contribution in [0.1, 0.15) is 63.7 Å². The van der Waals surface area contributed by atoms with Gasteiger partial charge < -0.3 is 10.4 Å². The highest BCUT2D eigenvalue weighted by Crippen LogP contribution is 2.16. The standard InChI is InChI=1S/C28H31N3O6S/c1-2-3-5-12-22-18-23(19-30-26(22)28(34)35)27(33)31-38(36,37)24-13-8-11-21(16-24)14-15-29-25(32)17-20-9-6-4-7-10-20/h4,6-11,13,16,18-19H,2-3,5,12,14-15,17H2,1H3,(H,29,32)(H,31,33)(H,34,35). The Morgan fingerprint density at radius 2 is 1.66 bits per heavy atom. The third kappa shape index (κ3) is 8.24. The number of hydrogen-bond donors (Lipinski definition) is 3. The van der Waals surface area contributed by atoms with Crippen LogP contribution in [0.4, 0.5) is 0 Å². The van der Waals surface area contributed by atoms with Gasteiger partial charge in [0.2, 0.25) is 5.91 Å². The van der Waals surface area contributed by atoms with Gasteiger partial charge in [-0.05, 0) is 54.2 Å². The van der Waals surface area contributed by atoms with Crippen LogP contribution in [0, 0.1) is 0 Å². The van der Waals surface area contributed by atoms with Crippen molar-refractivity contribution in [3.8, 4) is 0 Å². The summed E-state index contributed by atoms with van der Waals surface area (Å²) >= 11 is 0. The van der Waals surface area contributed by atoms with Crippen LogP contribution < -0.4 is 10.0 Å². The molecule has 0 saturated heterocycles. The molecule has 2 aromatic carbocycles. The molecule has 1 aromatic heterocycles. The van der Waals surface area contributed by atoms with E-state index >= 15 is 0 Å². The van der Waals surface area contributed by atoms with Crippen LogP contribution in [0.2, 0.25) is 0 Å². The minimum absolute atomic E-state index is 0.0395. The molecule has 0 spiro atoms. The Bertz CT molecular complexity index is 1390. The summed E-state index contributed by atoms with van der Waals surface area (Å²) in [6.07, 6.45) is 4.68. The van der Waals surface area contributed by atoms with Crippen LogP contribution in [0.3, 0.4) is 0 Å². The largest absolute Gasteiger partial charge is 0.477 e. The lowest BCUT2D eigenvalue weighted by molar-refractivity contribution is -0.120. The maximum atomic E-state index is 12.9. The Labute approximate surface area is 222 Å². The lowest BCUT2D eigenvalue weighted by Crippen LogP contribution is -2.31. The van der Waals surface area contributed by atoms with Crippen molar-refractivity contribution < 1.29 is 27.9 Å². The maximum Gasteiger partial charge on any atom is 0.354 e. The first-order valence-electron chi connectivity index (χ1n) is 12.4. The molecule has 3 N–H and O–H groups in total. The number of sulfonamides is 1. The van der Waals surface area contributed by atoms with E-state index in [-0.39, 0.29) is 28.5 Å². The Morgan fingerprint density at radius 1 is 0.921 bits per heavy atom. The molecule has 0 atom stereocenters. The number of aromatic carboxylic acids is 1. The van der Waals surface area contributed by atoms with Crippen LogP contribution in [0.5, 0.6) is 0 Å². The zero-order valence-corrected chi connectivity index (χ0v) is 22.0. The SMILES string of the molecule is CCCCCc1cc(C(=O)NS(=O)(=O)c2cccc(CCNC(=O)Cc3ccccc3)c2)cnc1C(=O)O. The van der Waals surface area contributed by atoms with Gasteiger partial charge in [-0.2, -0.15) is 0 Å².